The maximum absolute atomic E-state index is 11.7. The average Bonchev–Trinajstić information content (AvgIpc) is 2.55. The van der Waals surface area contributed by atoms with Crippen molar-refractivity contribution in [2.75, 3.05) is 11.5 Å². The van der Waals surface area contributed by atoms with Gasteiger partial charge >= 0.3 is 0 Å². The third kappa shape index (κ3) is 2.29. The van der Waals surface area contributed by atoms with Gasteiger partial charge in [0.15, 0.2) is 9.84 Å². The van der Waals surface area contributed by atoms with Gasteiger partial charge in [-0.25, -0.2) is 8.42 Å². The Labute approximate surface area is 101 Å². The number of nitrogen functional groups attached to an aromatic ring is 1. The van der Waals surface area contributed by atoms with E-state index in [-0.39, 0.29) is 11.5 Å². The molecule has 0 saturated heterocycles. The zero-order valence-electron chi connectivity index (χ0n) is 9.97. The number of benzene rings is 1. The van der Waals surface area contributed by atoms with Gasteiger partial charge in [-0.15, -0.1) is 0 Å². The first-order chi connectivity index (χ1) is 7.93. The van der Waals surface area contributed by atoms with Crippen molar-refractivity contribution in [2.24, 2.45) is 7.05 Å². The van der Waals surface area contributed by atoms with E-state index in [1.807, 2.05) is 29.9 Å². The molecule has 2 aromatic rings. The molecule has 4 nitrogen and oxygen atoms in total. The van der Waals surface area contributed by atoms with Crippen molar-refractivity contribution in [1.29, 1.82) is 0 Å². The summed E-state index contributed by atoms with van der Waals surface area (Å²) < 4.78 is 25.2. The third-order valence-corrected chi connectivity index (χ3v) is 4.54. The van der Waals surface area contributed by atoms with Crippen LogP contribution in [0.3, 0.4) is 0 Å². The molecule has 2 N–H and O–H groups in total. The topological polar surface area (TPSA) is 65.1 Å². The van der Waals surface area contributed by atoms with Crippen LogP contribution in [0.5, 0.6) is 0 Å². The van der Waals surface area contributed by atoms with E-state index in [2.05, 4.69) is 0 Å². The Kier molecular flexibility index (Phi) is 2.87. The van der Waals surface area contributed by atoms with Crippen molar-refractivity contribution < 1.29 is 8.42 Å². The summed E-state index contributed by atoms with van der Waals surface area (Å²) in [7, 11) is -1.11. The van der Waals surface area contributed by atoms with Crippen molar-refractivity contribution in [3.05, 3.63) is 30.0 Å². The molecule has 0 bridgehead atoms. The van der Waals surface area contributed by atoms with Gasteiger partial charge in [0.25, 0.3) is 0 Å². The summed E-state index contributed by atoms with van der Waals surface area (Å²) in [5.74, 6) is 0.253. The molecular weight excluding hydrogens is 236 g/mol. The number of rotatable bonds is 3. The molecule has 5 heteroatoms. The monoisotopic (exact) mass is 252 g/mol. The Morgan fingerprint density at radius 1 is 1.35 bits per heavy atom. The number of nitrogens with two attached hydrogens (primary N) is 1. The van der Waals surface area contributed by atoms with Crippen LogP contribution in [0.1, 0.15) is 12.5 Å². The first kappa shape index (κ1) is 12.0. The minimum atomic E-state index is -3.01. The van der Waals surface area contributed by atoms with E-state index >= 15 is 0 Å². The van der Waals surface area contributed by atoms with Crippen LogP contribution in [-0.2, 0) is 22.6 Å². The molecule has 0 radical (unpaired) electrons. The second kappa shape index (κ2) is 4.07. The van der Waals surface area contributed by atoms with Gasteiger partial charge in [0.1, 0.15) is 0 Å². The van der Waals surface area contributed by atoms with E-state index in [0.717, 1.165) is 16.5 Å². The normalized spacial score (nSPS) is 12.1. The molecule has 0 aliphatic heterocycles. The van der Waals surface area contributed by atoms with Gasteiger partial charge in [-0.05, 0) is 17.7 Å². The lowest BCUT2D eigenvalue weighted by atomic mass is 10.2. The highest BCUT2D eigenvalue weighted by atomic mass is 32.2. The average molecular weight is 252 g/mol. The van der Waals surface area contributed by atoms with E-state index in [4.69, 9.17) is 5.73 Å². The lowest BCUT2D eigenvalue weighted by Gasteiger charge is -2.00. The Bertz CT molecular complexity index is 656. The summed E-state index contributed by atoms with van der Waals surface area (Å²) in [6.45, 7) is 1.67. The van der Waals surface area contributed by atoms with Crippen LogP contribution >= 0.6 is 0 Å². The Hall–Kier alpha value is -1.49. The predicted molar refractivity (Wildman–Crippen MR) is 70.5 cm³/mol. The largest absolute Gasteiger partial charge is 0.399 e. The molecule has 0 aliphatic rings. The molecular formula is C12H16N2O2S. The molecule has 1 aromatic carbocycles. The van der Waals surface area contributed by atoms with E-state index < -0.39 is 9.84 Å². The Morgan fingerprint density at radius 3 is 2.71 bits per heavy atom. The van der Waals surface area contributed by atoms with Crippen molar-refractivity contribution >= 4 is 26.4 Å². The molecule has 1 aromatic heterocycles. The number of hydrogen-bond acceptors (Lipinski definition) is 3. The highest BCUT2D eigenvalue weighted by molar-refractivity contribution is 7.90. The Morgan fingerprint density at radius 2 is 2.06 bits per heavy atom. The van der Waals surface area contributed by atoms with Crippen LogP contribution in [-0.4, -0.2) is 18.7 Å². The highest BCUT2D eigenvalue weighted by Gasteiger charge is 2.14. The molecule has 0 unspecified atom stereocenters. The maximum atomic E-state index is 11.7. The molecule has 17 heavy (non-hydrogen) atoms. The second-order valence-electron chi connectivity index (χ2n) is 4.22. The summed E-state index contributed by atoms with van der Waals surface area (Å²) in [5.41, 5.74) is 8.21. The van der Waals surface area contributed by atoms with Crippen LogP contribution in [0.2, 0.25) is 0 Å². The fraction of sp³-hybridized carbons (Fsp3) is 0.333. The van der Waals surface area contributed by atoms with Gasteiger partial charge in [0, 0.05) is 30.1 Å². The van der Waals surface area contributed by atoms with E-state index in [9.17, 15) is 8.42 Å². The number of nitrogens with zero attached hydrogens (tertiary/aromatic N) is 1. The van der Waals surface area contributed by atoms with Gasteiger partial charge in [-0.2, -0.15) is 0 Å². The van der Waals surface area contributed by atoms with Crippen molar-refractivity contribution in [3.8, 4) is 0 Å². The SMILES string of the molecule is CCS(=O)(=O)Cc1cn(C)c2cc(N)ccc12. The lowest BCUT2D eigenvalue weighted by Crippen LogP contribution is -2.06. The van der Waals surface area contributed by atoms with Crippen molar-refractivity contribution in [1.82, 2.24) is 4.57 Å². The molecule has 0 atom stereocenters. The fourth-order valence-corrected chi connectivity index (χ4v) is 2.85. The highest BCUT2D eigenvalue weighted by Crippen LogP contribution is 2.24. The van der Waals surface area contributed by atoms with Gasteiger partial charge < -0.3 is 10.3 Å². The van der Waals surface area contributed by atoms with Crippen LogP contribution in [0.15, 0.2) is 24.4 Å². The summed E-state index contributed by atoms with van der Waals surface area (Å²) >= 11 is 0. The summed E-state index contributed by atoms with van der Waals surface area (Å²) in [6, 6.07) is 5.53. The Balaban J connectivity index is 2.57. The van der Waals surface area contributed by atoms with E-state index in [1.54, 1.807) is 13.0 Å². The lowest BCUT2D eigenvalue weighted by molar-refractivity contribution is 0.596. The maximum Gasteiger partial charge on any atom is 0.154 e. The molecule has 0 fully saturated rings. The number of hydrogen-bond donors (Lipinski definition) is 1. The zero-order valence-corrected chi connectivity index (χ0v) is 10.8. The number of aryl methyl sites for hydroxylation is 1. The smallest absolute Gasteiger partial charge is 0.154 e. The molecule has 0 spiro atoms. The summed E-state index contributed by atoms with van der Waals surface area (Å²) in [5, 5.41) is 0.957. The van der Waals surface area contributed by atoms with Crippen LogP contribution in [0.4, 0.5) is 5.69 Å². The molecule has 0 saturated carbocycles. The summed E-state index contributed by atoms with van der Waals surface area (Å²) in [4.78, 5) is 0. The van der Waals surface area contributed by atoms with Crippen molar-refractivity contribution in [2.45, 2.75) is 12.7 Å². The quantitative estimate of drug-likeness (QED) is 0.845. The van der Waals surface area contributed by atoms with Crippen LogP contribution in [0, 0.1) is 0 Å². The zero-order chi connectivity index (χ0) is 12.6. The number of aromatic nitrogens is 1. The van der Waals surface area contributed by atoms with Gasteiger partial charge in [0.05, 0.1) is 11.3 Å². The molecule has 0 aliphatic carbocycles. The van der Waals surface area contributed by atoms with Crippen LogP contribution in [0.25, 0.3) is 10.9 Å². The van der Waals surface area contributed by atoms with Gasteiger partial charge in [-0.1, -0.05) is 13.0 Å². The molecule has 92 valence electrons. The minimum Gasteiger partial charge on any atom is -0.399 e. The van der Waals surface area contributed by atoms with Gasteiger partial charge in [-0.3, -0.25) is 0 Å². The molecule has 1 heterocycles. The first-order valence-electron chi connectivity index (χ1n) is 5.47. The van der Waals surface area contributed by atoms with E-state index in [0.29, 0.717) is 5.69 Å². The number of sulfone groups is 1. The molecule has 0 amide bonds. The fourth-order valence-electron chi connectivity index (χ4n) is 1.94. The minimum absolute atomic E-state index is 0.0881. The third-order valence-electron chi connectivity index (χ3n) is 2.91. The molecule has 2 rings (SSSR count). The first-order valence-corrected chi connectivity index (χ1v) is 7.29. The van der Waals surface area contributed by atoms with E-state index in [1.165, 1.54) is 0 Å². The standard InChI is InChI=1S/C12H16N2O2S/c1-3-17(15,16)8-9-7-14(2)12-6-10(13)4-5-11(9)12/h4-7H,3,8,13H2,1-2H3. The number of fused-ring (bicyclic) bond motifs is 1. The van der Waals surface area contributed by atoms with Crippen molar-refractivity contribution in [3.63, 3.8) is 0 Å². The summed E-state index contributed by atoms with van der Waals surface area (Å²) in [6.07, 6.45) is 1.86. The second-order valence-corrected chi connectivity index (χ2v) is 6.57. The number of anilines is 1. The van der Waals surface area contributed by atoms with Crippen LogP contribution < -0.4 is 5.73 Å². The van der Waals surface area contributed by atoms with Gasteiger partial charge in [0.2, 0.25) is 0 Å². The predicted octanol–water partition coefficient (Wildman–Crippen LogP) is 1.70.